The van der Waals surface area contributed by atoms with Gasteiger partial charge in [0.25, 0.3) is 0 Å². The zero-order valence-electron chi connectivity index (χ0n) is 16.8. The molecule has 150 valence electrons. The minimum absolute atomic E-state index is 0.0407. The summed E-state index contributed by atoms with van der Waals surface area (Å²) in [5.41, 5.74) is -2.52. The number of epoxide rings is 3. The van der Waals surface area contributed by atoms with Gasteiger partial charge in [-0.05, 0) is 38.0 Å². The van der Waals surface area contributed by atoms with E-state index in [0.29, 0.717) is 0 Å². The number of rotatable bonds is 2. The maximum atomic E-state index is 12.8. The number of esters is 1. The van der Waals surface area contributed by atoms with Crippen LogP contribution in [0.2, 0.25) is 0 Å². The van der Waals surface area contributed by atoms with E-state index in [2.05, 4.69) is 27.7 Å². The monoisotopic (exact) mass is 378 g/mol. The molecule has 10 atom stereocenters. The highest BCUT2D eigenvalue weighted by Crippen LogP contribution is 2.83. The average Bonchev–Trinajstić information content (AvgIpc) is 3.49. The quantitative estimate of drug-likeness (QED) is 0.583. The molecule has 6 rings (SSSR count). The Balaban J connectivity index is 1.48. The molecule has 3 aliphatic carbocycles. The number of hydrogen-bond acceptors (Lipinski definition) is 6. The molecule has 1 N–H and O–H groups in total. The number of aliphatic hydroxyl groups excluding tert-OH is 1. The molecule has 0 unspecified atom stereocenters. The van der Waals surface area contributed by atoms with E-state index in [1.165, 1.54) is 7.11 Å². The molecule has 0 aromatic heterocycles. The zero-order chi connectivity index (χ0) is 19.2. The van der Waals surface area contributed by atoms with E-state index < -0.39 is 28.3 Å². The van der Waals surface area contributed by atoms with E-state index in [9.17, 15) is 9.90 Å². The molecule has 6 heteroatoms. The Morgan fingerprint density at radius 2 is 1.89 bits per heavy atom. The van der Waals surface area contributed by atoms with Crippen LogP contribution in [0.3, 0.4) is 0 Å². The van der Waals surface area contributed by atoms with Gasteiger partial charge in [-0.1, -0.05) is 27.2 Å². The smallest absolute Gasteiger partial charge is 0.311 e. The predicted molar refractivity (Wildman–Crippen MR) is 93.8 cm³/mol. The van der Waals surface area contributed by atoms with Gasteiger partial charge in [-0.2, -0.15) is 0 Å². The minimum atomic E-state index is -0.678. The summed E-state index contributed by atoms with van der Waals surface area (Å²) in [6, 6.07) is 0. The highest BCUT2D eigenvalue weighted by molar-refractivity contribution is 5.77. The van der Waals surface area contributed by atoms with Gasteiger partial charge in [-0.3, -0.25) is 4.79 Å². The van der Waals surface area contributed by atoms with E-state index in [0.717, 1.165) is 25.7 Å². The Hall–Kier alpha value is -0.690. The lowest BCUT2D eigenvalue weighted by Gasteiger charge is -2.58. The lowest BCUT2D eigenvalue weighted by molar-refractivity contribution is -0.177. The van der Waals surface area contributed by atoms with Gasteiger partial charge in [0.05, 0.1) is 18.6 Å². The van der Waals surface area contributed by atoms with Crippen LogP contribution < -0.4 is 0 Å². The number of carbonyl (C=O) groups excluding carboxylic acids is 1. The molecule has 3 aliphatic heterocycles. The van der Waals surface area contributed by atoms with Crippen molar-refractivity contribution in [2.45, 2.75) is 94.6 Å². The van der Waals surface area contributed by atoms with Crippen molar-refractivity contribution in [2.75, 3.05) is 7.11 Å². The minimum Gasteiger partial charge on any atom is -0.469 e. The molecule has 0 radical (unpaired) electrons. The molecule has 6 aliphatic rings. The molecule has 0 amide bonds. The summed E-state index contributed by atoms with van der Waals surface area (Å²) in [7, 11) is 1.48. The van der Waals surface area contributed by atoms with Crippen molar-refractivity contribution in [3.63, 3.8) is 0 Å². The van der Waals surface area contributed by atoms with Crippen molar-refractivity contribution in [1.82, 2.24) is 0 Å². The van der Waals surface area contributed by atoms with Crippen LogP contribution in [0.1, 0.15) is 53.4 Å². The molecule has 3 heterocycles. The maximum absolute atomic E-state index is 12.8. The van der Waals surface area contributed by atoms with Gasteiger partial charge in [0.2, 0.25) is 0 Å². The summed E-state index contributed by atoms with van der Waals surface area (Å²) >= 11 is 0. The Labute approximate surface area is 159 Å². The number of fused-ring (bicyclic) bond motifs is 3. The first-order chi connectivity index (χ1) is 12.7. The number of ether oxygens (including phenoxy) is 4. The normalized spacial score (nSPS) is 64.5. The standard InChI is InChI=1S/C21H30O6/c1-10(2)19-13(26-19)14-21(27-14)18(4)8-6-7-17(3,16(23)24-5)11(18)9-12-20(21,25-12)15(19)22/h10-15,22H,6-9H2,1-5H3/t11-,12+,13-,14+,15+,17+,18+,19-,20-,21+/m0/s1. The van der Waals surface area contributed by atoms with E-state index in [1.54, 1.807) is 0 Å². The second kappa shape index (κ2) is 4.40. The van der Waals surface area contributed by atoms with Gasteiger partial charge < -0.3 is 24.1 Å². The molecular formula is C21H30O6. The van der Waals surface area contributed by atoms with Crippen LogP contribution >= 0.6 is 0 Å². The molecular weight excluding hydrogens is 348 g/mol. The largest absolute Gasteiger partial charge is 0.469 e. The summed E-state index contributed by atoms with van der Waals surface area (Å²) in [4.78, 5) is 12.8. The first-order valence-corrected chi connectivity index (χ1v) is 10.5. The summed E-state index contributed by atoms with van der Waals surface area (Å²) in [5.74, 6) is 0.196. The third-order valence-corrected chi connectivity index (χ3v) is 9.60. The van der Waals surface area contributed by atoms with Crippen LogP contribution in [0.5, 0.6) is 0 Å². The number of methoxy groups -OCH3 is 1. The average molecular weight is 378 g/mol. The van der Waals surface area contributed by atoms with Crippen molar-refractivity contribution in [1.29, 1.82) is 0 Å². The third kappa shape index (κ3) is 1.42. The van der Waals surface area contributed by atoms with Gasteiger partial charge >= 0.3 is 5.97 Å². The van der Waals surface area contributed by atoms with Crippen molar-refractivity contribution in [3.05, 3.63) is 0 Å². The Bertz CT molecular complexity index is 753. The number of hydrogen-bond donors (Lipinski definition) is 1. The molecule has 27 heavy (non-hydrogen) atoms. The topological polar surface area (TPSA) is 84.1 Å². The second-order valence-electron chi connectivity index (χ2n) is 10.6. The van der Waals surface area contributed by atoms with Crippen LogP contribution in [-0.2, 0) is 23.7 Å². The van der Waals surface area contributed by atoms with Crippen molar-refractivity contribution >= 4 is 5.97 Å². The van der Waals surface area contributed by atoms with Crippen LogP contribution in [0.25, 0.3) is 0 Å². The summed E-state index contributed by atoms with van der Waals surface area (Å²) in [5, 5.41) is 11.5. The molecule has 2 spiro atoms. The van der Waals surface area contributed by atoms with E-state index in [-0.39, 0.29) is 41.5 Å². The van der Waals surface area contributed by atoms with Gasteiger partial charge in [-0.15, -0.1) is 0 Å². The summed E-state index contributed by atoms with van der Waals surface area (Å²) in [6.45, 7) is 8.52. The third-order valence-electron chi connectivity index (χ3n) is 9.60. The van der Waals surface area contributed by atoms with Crippen molar-refractivity contribution in [3.8, 4) is 0 Å². The summed E-state index contributed by atoms with van der Waals surface area (Å²) < 4.78 is 24.3. The second-order valence-corrected chi connectivity index (χ2v) is 10.6. The van der Waals surface area contributed by atoms with Gasteiger partial charge in [0, 0.05) is 5.41 Å². The van der Waals surface area contributed by atoms with Gasteiger partial charge in [0.1, 0.15) is 29.5 Å². The Kier molecular flexibility index (Phi) is 2.80. The highest BCUT2D eigenvalue weighted by Gasteiger charge is 3.00. The SMILES string of the molecule is COC(=O)[C@]1(C)CCC[C@]2(C)[C@H]1C[C@H]1O[C@]13[C@H](O)[C@@]1(C(C)C)O[C@H]1[C@H]1O[C@@]132. The lowest BCUT2D eigenvalue weighted by atomic mass is 9.42. The highest BCUT2D eigenvalue weighted by atomic mass is 16.7. The van der Waals surface area contributed by atoms with Gasteiger partial charge in [-0.25, -0.2) is 0 Å². The van der Waals surface area contributed by atoms with Crippen LogP contribution in [0.4, 0.5) is 0 Å². The van der Waals surface area contributed by atoms with Crippen molar-refractivity contribution < 1.29 is 28.8 Å². The van der Waals surface area contributed by atoms with E-state index >= 15 is 0 Å². The molecule has 6 fully saturated rings. The van der Waals surface area contributed by atoms with E-state index in [1.807, 2.05) is 0 Å². The molecule has 3 saturated heterocycles. The number of carbonyl (C=O) groups is 1. The maximum Gasteiger partial charge on any atom is 0.311 e. The summed E-state index contributed by atoms with van der Waals surface area (Å²) in [6.07, 6.45) is 2.68. The molecule has 6 nitrogen and oxygen atoms in total. The first-order valence-electron chi connectivity index (χ1n) is 10.5. The molecule has 0 bridgehead atoms. The predicted octanol–water partition coefficient (Wildman–Crippen LogP) is 1.82. The zero-order valence-corrected chi connectivity index (χ0v) is 16.8. The van der Waals surface area contributed by atoms with Gasteiger partial charge in [0.15, 0.2) is 5.60 Å². The fraction of sp³-hybridized carbons (Fsp3) is 0.952. The van der Waals surface area contributed by atoms with Crippen LogP contribution in [0.15, 0.2) is 0 Å². The fourth-order valence-corrected chi connectivity index (χ4v) is 8.21. The first kappa shape index (κ1) is 17.2. The lowest BCUT2D eigenvalue weighted by Crippen LogP contribution is -2.71. The molecule has 0 aromatic carbocycles. The number of aliphatic hydroxyl groups is 1. The molecule has 3 saturated carbocycles. The van der Waals surface area contributed by atoms with Crippen molar-refractivity contribution in [2.24, 2.45) is 22.7 Å². The van der Waals surface area contributed by atoms with E-state index in [4.69, 9.17) is 18.9 Å². The van der Waals surface area contributed by atoms with Crippen LogP contribution in [-0.4, -0.2) is 59.4 Å². The fourth-order valence-electron chi connectivity index (χ4n) is 8.21. The molecule has 0 aromatic rings. The Morgan fingerprint density at radius 1 is 1.15 bits per heavy atom. The van der Waals surface area contributed by atoms with Crippen LogP contribution in [0, 0.1) is 22.7 Å². The Morgan fingerprint density at radius 3 is 2.56 bits per heavy atom.